The first-order valence-electron chi connectivity index (χ1n) is 5.16. The zero-order valence-corrected chi connectivity index (χ0v) is 9.93. The predicted molar refractivity (Wildman–Crippen MR) is 65.2 cm³/mol. The van der Waals surface area contributed by atoms with Gasteiger partial charge in [0.25, 0.3) is 0 Å². The Kier molecular flexibility index (Phi) is 4.11. The Hall–Kier alpha value is -1.77. The number of para-hydroxylation sites is 1. The van der Waals surface area contributed by atoms with Gasteiger partial charge in [-0.05, 0) is 26.0 Å². The van der Waals surface area contributed by atoms with Crippen LogP contribution in [-0.2, 0) is 9.53 Å². The average molecular weight is 219 g/mol. The second-order valence-electron chi connectivity index (χ2n) is 3.73. The van der Waals surface area contributed by atoms with Crippen molar-refractivity contribution in [3.8, 4) is 0 Å². The van der Waals surface area contributed by atoms with Crippen LogP contribution in [0.1, 0.15) is 13.8 Å². The standard InChI is InChI=1S/C13H17NO2/c1-10(2)13(15)16-11(3)14(4)12-8-6-5-7-9-12/h5-9,11H,1H2,2-4H3. The SMILES string of the molecule is C=C(C)C(=O)OC(C)N(C)c1ccccc1. The molecule has 1 rings (SSSR count). The third-order valence-electron chi connectivity index (χ3n) is 2.33. The number of rotatable bonds is 4. The van der Waals surface area contributed by atoms with Crippen molar-refractivity contribution in [3.63, 3.8) is 0 Å². The average Bonchev–Trinajstić information content (AvgIpc) is 2.28. The maximum absolute atomic E-state index is 11.3. The minimum Gasteiger partial charge on any atom is -0.439 e. The van der Waals surface area contributed by atoms with Crippen LogP contribution in [0.3, 0.4) is 0 Å². The minimum atomic E-state index is -0.365. The number of anilines is 1. The highest BCUT2D eigenvalue weighted by Gasteiger charge is 2.14. The molecule has 0 fully saturated rings. The molecule has 3 nitrogen and oxygen atoms in total. The lowest BCUT2D eigenvalue weighted by Gasteiger charge is -2.26. The van der Waals surface area contributed by atoms with Gasteiger partial charge >= 0.3 is 5.97 Å². The number of nitrogens with zero attached hydrogens (tertiary/aromatic N) is 1. The van der Waals surface area contributed by atoms with Crippen LogP contribution in [-0.4, -0.2) is 19.2 Å². The lowest BCUT2D eigenvalue weighted by molar-refractivity contribution is -0.143. The van der Waals surface area contributed by atoms with Gasteiger partial charge < -0.3 is 9.64 Å². The lowest BCUT2D eigenvalue weighted by atomic mass is 10.3. The first-order valence-corrected chi connectivity index (χ1v) is 5.16. The molecule has 0 aromatic heterocycles. The molecule has 0 aliphatic carbocycles. The van der Waals surface area contributed by atoms with Crippen molar-refractivity contribution in [2.24, 2.45) is 0 Å². The molecule has 0 aliphatic rings. The summed E-state index contributed by atoms with van der Waals surface area (Å²) in [7, 11) is 1.88. The molecule has 0 amide bonds. The Labute approximate surface area is 96.3 Å². The summed E-state index contributed by atoms with van der Waals surface area (Å²) in [5, 5.41) is 0. The van der Waals surface area contributed by atoms with Gasteiger partial charge in [-0.3, -0.25) is 0 Å². The first kappa shape index (κ1) is 12.3. The highest BCUT2D eigenvalue weighted by molar-refractivity contribution is 5.87. The van der Waals surface area contributed by atoms with Crippen molar-refractivity contribution in [1.82, 2.24) is 0 Å². The van der Waals surface area contributed by atoms with Crippen molar-refractivity contribution in [3.05, 3.63) is 42.5 Å². The zero-order valence-electron chi connectivity index (χ0n) is 9.93. The van der Waals surface area contributed by atoms with Crippen molar-refractivity contribution in [1.29, 1.82) is 0 Å². The van der Waals surface area contributed by atoms with E-state index in [0.717, 1.165) is 5.69 Å². The highest BCUT2D eigenvalue weighted by atomic mass is 16.6. The van der Waals surface area contributed by atoms with Gasteiger partial charge in [-0.2, -0.15) is 0 Å². The van der Waals surface area contributed by atoms with Crippen molar-refractivity contribution < 1.29 is 9.53 Å². The van der Waals surface area contributed by atoms with E-state index < -0.39 is 0 Å². The number of carbonyl (C=O) groups is 1. The Morgan fingerprint density at radius 3 is 2.44 bits per heavy atom. The molecule has 16 heavy (non-hydrogen) atoms. The van der Waals surface area contributed by atoms with Gasteiger partial charge in [0.05, 0.1) is 0 Å². The molecule has 0 spiro atoms. The normalized spacial score (nSPS) is 11.7. The lowest BCUT2D eigenvalue weighted by Crippen LogP contribution is -2.33. The summed E-state index contributed by atoms with van der Waals surface area (Å²) in [5.41, 5.74) is 1.41. The van der Waals surface area contributed by atoms with Crippen molar-refractivity contribution in [2.45, 2.75) is 20.1 Å². The molecule has 86 valence electrons. The Bertz CT molecular complexity index is 373. The Morgan fingerprint density at radius 1 is 1.38 bits per heavy atom. The van der Waals surface area contributed by atoms with Gasteiger partial charge in [-0.25, -0.2) is 4.79 Å². The quantitative estimate of drug-likeness (QED) is 0.443. The second-order valence-corrected chi connectivity index (χ2v) is 3.73. The molecular formula is C13H17NO2. The van der Waals surface area contributed by atoms with Crippen LogP contribution < -0.4 is 4.90 Å². The fourth-order valence-corrected chi connectivity index (χ4v) is 1.21. The number of hydrogen-bond donors (Lipinski definition) is 0. The summed E-state index contributed by atoms with van der Waals surface area (Å²) in [6, 6.07) is 9.76. The summed E-state index contributed by atoms with van der Waals surface area (Å²) in [4.78, 5) is 13.2. The van der Waals surface area contributed by atoms with E-state index in [2.05, 4.69) is 6.58 Å². The molecular weight excluding hydrogens is 202 g/mol. The summed E-state index contributed by atoms with van der Waals surface area (Å²) < 4.78 is 5.22. The summed E-state index contributed by atoms with van der Waals surface area (Å²) in [5.74, 6) is -0.365. The van der Waals surface area contributed by atoms with E-state index in [9.17, 15) is 4.79 Å². The van der Waals surface area contributed by atoms with E-state index in [1.807, 2.05) is 49.2 Å². The van der Waals surface area contributed by atoms with E-state index in [-0.39, 0.29) is 12.2 Å². The Morgan fingerprint density at radius 2 is 1.94 bits per heavy atom. The molecule has 0 heterocycles. The smallest absolute Gasteiger partial charge is 0.335 e. The molecule has 0 bridgehead atoms. The Balaban J connectivity index is 2.65. The van der Waals surface area contributed by atoms with E-state index in [0.29, 0.717) is 5.57 Å². The molecule has 3 heteroatoms. The minimum absolute atomic E-state index is 0.313. The second kappa shape index (κ2) is 5.35. The summed E-state index contributed by atoms with van der Waals surface area (Å²) in [6.07, 6.45) is -0.313. The van der Waals surface area contributed by atoms with Crippen LogP contribution in [0.5, 0.6) is 0 Å². The third-order valence-corrected chi connectivity index (χ3v) is 2.33. The highest BCUT2D eigenvalue weighted by Crippen LogP contribution is 2.15. The topological polar surface area (TPSA) is 29.5 Å². The van der Waals surface area contributed by atoms with Crippen LogP contribution in [0, 0.1) is 0 Å². The molecule has 0 saturated heterocycles. The van der Waals surface area contributed by atoms with Gasteiger partial charge in [0.2, 0.25) is 0 Å². The van der Waals surface area contributed by atoms with Crippen molar-refractivity contribution >= 4 is 11.7 Å². The molecule has 1 aromatic rings. The van der Waals surface area contributed by atoms with Gasteiger partial charge in [-0.1, -0.05) is 24.8 Å². The number of carbonyl (C=O) groups excluding carboxylic acids is 1. The van der Waals surface area contributed by atoms with E-state index >= 15 is 0 Å². The van der Waals surface area contributed by atoms with Gasteiger partial charge in [0.1, 0.15) is 0 Å². The molecule has 1 unspecified atom stereocenters. The predicted octanol–water partition coefficient (Wildman–Crippen LogP) is 2.59. The monoisotopic (exact) mass is 219 g/mol. The maximum atomic E-state index is 11.3. The van der Waals surface area contributed by atoms with Gasteiger partial charge in [0.15, 0.2) is 6.23 Å². The fourth-order valence-electron chi connectivity index (χ4n) is 1.21. The number of hydrogen-bond acceptors (Lipinski definition) is 3. The number of benzene rings is 1. The maximum Gasteiger partial charge on any atom is 0.335 e. The van der Waals surface area contributed by atoms with E-state index in [1.165, 1.54) is 0 Å². The fraction of sp³-hybridized carbons (Fsp3) is 0.308. The first-order chi connectivity index (χ1) is 7.52. The van der Waals surface area contributed by atoms with Gasteiger partial charge in [0, 0.05) is 18.3 Å². The molecule has 0 saturated carbocycles. The summed E-state index contributed by atoms with van der Waals surface area (Å²) >= 11 is 0. The van der Waals surface area contributed by atoms with Crippen LogP contribution >= 0.6 is 0 Å². The molecule has 1 aromatic carbocycles. The van der Waals surface area contributed by atoms with Gasteiger partial charge in [-0.15, -0.1) is 0 Å². The molecule has 0 aliphatic heterocycles. The van der Waals surface area contributed by atoms with E-state index in [1.54, 1.807) is 6.92 Å². The largest absolute Gasteiger partial charge is 0.439 e. The van der Waals surface area contributed by atoms with Crippen LogP contribution in [0.15, 0.2) is 42.5 Å². The van der Waals surface area contributed by atoms with E-state index in [4.69, 9.17) is 4.74 Å². The molecule has 1 atom stereocenters. The summed E-state index contributed by atoms with van der Waals surface area (Å²) in [6.45, 7) is 7.01. The van der Waals surface area contributed by atoms with Crippen LogP contribution in [0.25, 0.3) is 0 Å². The number of esters is 1. The molecule has 0 N–H and O–H groups in total. The number of ether oxygens (including phenoxy) is 1. The van der Waals surface area contributed by atoms with Crippen LogP contribution in [0.2, 0.25) is 0 Å². The zero-order chi connectivity index (χ0) is 12.1. The van der Waals surface area contributed by atoms with Crippen LogP contribution in [0.4, 0.5) is 5.69 Å². The third kappa shape index (κ3) is 3.12. The van der Waals surface area contributed by atoms with Crippen molar-refractivity contribution in [2.75, 3.05) is 11.9 Å². The molecule has 0 radical (unpaired) electrons.